The van der Waals surface area contributed by atoms with E-state index in [0.717, 1.165) is 37.6 Å². The molecule has 2 rings (SSSR count). The molecule has 112 valence electrons. The van der Waals surface area contributed by atoms with Crippen molar-refractivity contribution >= 4 is 10.0 Å². The van der Waals surface area contributed by atoms with Crippen molar-refractivity contribution in [2.24, 2.45) is 0 Å². The lowest BCUT2D eigenvalue weighted by Crippen LogP contribution is -2.47. The van der Waals surface area contributed by atoms with Crippen molar-refractivity contribution in [2.75, 3.05) is 19.6 Å². The van der Waals surface area contributed by atoms with Gasteiger partial charge in [-0.05, 0) is 37.6 Å². The Balaban J connectivity index is 2.23. The average Bonchev–Trinajstić information content (AvgIpc) is 2.42. The zero-order chi connectivity index (χ0) is 14.8. The highest BCUT2D eigenvalue weighted by atomic mass is 32.2. The molecule has 7 heteroatoms. The molecule has 0 spiro atoms. The van der Waals surface area contributed by atoms with Gasteiger partial charge in [0.05, 0.1) is 4.90 Å². The Morgan fingerprint density at radius 1 is 1.35 bits per heavy atom. The first-order chi connectivity index (χ1) is 9.45. The second-order valence-corrected chi connectivity index (χ2v) is 6.77. The number of likely N-dealkylation sites (N-methyl/N-ethyl adjacent to an activating group) is 1. The number of halogens is 2. The van der Waals surface area contributed by atoms with Crippen molar-refractivity contribution in [1.29, 1.82) is 0 Å². The summed E-state index contributed by atoms with van der Waals surface area (Å²) >= 11 is 0. The van der Waals surface area contributed by atoms with Crippen LogP contribution < -0.4 is 5.32 Å². The second-order valence-electron chi connectivity index (χ2n) is 4.84. The van der Waals surface area contributed by atoms with Crippen molar-refractivity contribution in [2.45, 2.75) is 30.7 Å². The predicted octanol–water partition coefficient (Wildman–Crippen LogP) is 1.73. The molecule has 20 heavy (non-hydrogen) atoms. The predicted molar refractivity (Wildman–Crippen MR) is 71.8 cm³/mol. The number of sulfonamides is 1. The molecule has 0 radical (unpaired) electrons. The molecule has 0 saturated carbocycles. The molecule has 1 atom stereocenters. The minimum absolute atomic E-state index is 0.105. The summed E-state index contributed by atoms with van der Waals surface area (Å²) in [6.07, 6.45) is 1.66. The number of nitrogens with one attached hydrogen (secondary N) is 1. The maximum Gasteiger partial charge on any atom is 0.243 e. The summed E-state index contributed by atoms with van der Waals surface area (Å²) in [6.45, 7) is 3.49. The van der Waals surface area contributed by atoms with E-state index in [1.54, 1.807) is 0 Å². The Kier molecular flexibility index (Phi) is 4.72. The smallest absolute Gasteiger partial charge is 0.243 e. The van der Waals surface area contributed by atoms with Gasteiger partial charge in [0.2, 0.25) is 10.0 Å². The Morgan fingerprint density at radius 2 is 2.10 bits per heavy atom. The SMILES string of the molecule is CCNC1CCCN(S(=O)(=O)c2ccc(F)c(F)c2)C1. The molecular weight excluding hydrogens is 286 g/mol. The van der Waals surface area contributed by atoms with Gasteiger partial charge in [-0.2, -0.15) is 4.31 Å². The third-order valence-electron chi connectivity index (χ3n) is 3.41. The van der Waals surface area contributed by atoms with E-state index in [2.05, 4.69) is 5.32 Å². The highest BCUT2D eigenvalue weighted by Gasteiger charge is 2.30. The van der Waals surface area contributed by atoms with Crippen LogP contribution in [0.1, 0.15) is 19.8 Å². The monoisotopic (exact) mass is 304 g/mol. The normalized spacial score (nSPS) is 21.1. The first-order valence-corrected chi connectivity index (χ1v) is 8.07. The molecule has 4 nitrogen and oxygen atoms in total. The Hall–Kier alpha value is -1.05. The van der Waals surface area contributed by atoms with E-state index in [9.17, 15) is 17.2 Å². The van der Waals surface area contributed by atoms with Crippen LogP contribution in [0.25, 0.3) is 0 Å². The van der Waals surface area contributed by atoms with Crippen molar-refractivity contribution in [3.63, 3.8) is 0 Å². The maximum absolute atomic E-state index is 13.2. The fourth-order valence-electron chi connectivity index (χ4n) is 2.40. The molecule has 1 fully saturated rings. The highest BCUT2D eigenvalue weighted by Crippen LogP contribution is 2.22. The largest absolute Gasteiger partial charge is 0.313 e. The van der Waals surface area contributed by atoms with E-state index < -0.39 is 21.7 Å². The van der Waals surface area contributed by atoms with Gasteiger partial charge in [-0.15, -0.1) is 0 Å². The zero-order valence-electron chi connectivity index (χ0n) is 11.3. The van der Waals surface area contributed by atoms with Crippen LogP contribution in [0.3, 0.4) is 0 Å². The number of hydrogen-bond acceptors (Lipinski definition) is 3. The number of benzene rings is 1. The van der Waals surface area contributed by atoms with Crippen molar-refractivity contribution in [3.05, 3.63) is 29.8 Å². The molecule has 0 bridgehead atoms. The summed E-state index contributed by atoms with van der Waals surface area (Å²) in [5.74, 6) is -2.19. The molecule has 1 aliphatic rings. The Morgan fingerprint density at radius 3 is 2.75 bits per heavy atom. The third kappa shape index (κ3) is 3.16. The standard InChI is InChI=1S/C13H18F2N2O2S/c1-2-16-10-4-3-7-17(9-10)20(18,19)11-5-6-12(14)13(15)8-11/h5-6,8,10,16H,2-4,7,9H2,1H3. The summed E-state index contributed by atoms with van der Waals surface area (Å²) < 4.78 is 52.3. The molecular formula is C13H18F2N2O2S. The summed E-state index contributed by atoms with van der Waals surface area (Å²) in [5, 5.41) is 3.22. The lowest BCUT2D eigenvalue weighted by Gasteiger charge is -2.32. The van der Waals surface area contributed by atoms with E-state index in [1.165, 1.54) is 4.31 Å². The van der Waals surface area contributed by atoms with Crippen molar-refractivity contribution in [1.82, 2.24) is 9.62 Å². The molecule has 1 aliphatic heterocycles. The minimum Gasteiger partial charge on any atom is -0.313 e. The number of nitrogens with zero attached hydrogens (tertiary/aromatic N) is 1. The topological polar surface area (TPSA) is 49.4 Å². The Labute approximate surface area is 117 Å². The van der Waals surface area contributed by atoms with Crippen LogP contribution in [0.4, 0.5) is 8.78 Å². The number of rotatable bonds is 4. The zero-order valence-corrected chi connectivity index (χ0v) is 12.1. The molecule has 1 heterocycles. The number of hydrogen-bond donors (Lipinski definition) is 1. The lowest BCUT2D eigenvalue weighted by atomic mass is 10.1. The third-order valence-corrected chi connectivity index (χ3v) is 5.27. The summed E-state index contributed by atoms with van der Waals surface area (Å²) in [4.78, 5) is -0.200. The van der Waals surface area contributed by atoms with Crippen LogP contribution in [0.5, 0.6) is 0 Å². The summed E-state index contributed by atoms with van der Waals surface area (Å²) in [5.41, 5.74) is 0. The quantitative estimate of drug-likeness (QED) is 0.921. The molecule has 0 aliphatic carbocycles. The van der Waals surface area contributed by atoms with Gasteiger partial charge in [-0.1, -0.05) is 6.92 Å². The van der Waals surface area contributed by atoms with Crippen LogP contribution >= 0.6 is 0 Å². The van der Waals surface area contributed by atoms with Gasteiger partial charge in [0.25, 0.3) is 0 Å². The van der Waals surface area contributed by atoms with Gasteiger partial charge in [0.15, 0.2) is 11.6 Å². The van der Waals surface area contributed by atoms with Gasteiger partial charge >= 0.3 is 0 Å². The van der Waals surface area contributed by atoms with Crippen LogP contribution in [-0.4, -0.2) is 38.4 Å². The van der Waals surface area contributed by atoms with E-state index in [1.807, 2.05) is 6.92 Å². The fourth-order valence-corrected chi connectivity index (χ4v) is 3.94. The van der Waals surface area contributed by atoms with E-state index >= 15 is 0 Å². The van der Waals surface area contributed by atoms with Crippen LogP contribution in [0, 0.1) is 11.6 Å². The highest BCUT2D eigenvalue weighted by molar-refractivity contribution is 7.89. The summed E-state index contributed by atoms with van der Waals surface area (Å²) in [6, 6.07) is 2.79. The molecule has 1 saturated heterocycles. The van der Waals surface area contributed by atoms with Crippen LogP contribution in [0.15, 0.2) is 23.1 Å². The van der Waals surface area contributed by atoms with E-state index in [4.69, 9.17) is 0 Å². The average molecular weight is 304 g/mol. The molecule has 0 amide bonds. The maximum atomic E-state index is 13.2. The van der Waals surface area contributed by atoms with Crippen molar-refractivity contribution < 1.29 is 17.2 Å². The lowest BCUT2D eigenvalue weighted by molar-refractivity contribution is 0.286. The molecule has 1 unspecified atom stereocenters. The first kappa shape index (κ1) is 15.3. The molecule has 1 aromatic rings. The minimum atomic E-state index is -3.77. The van der Waals surface area contributed by atoms with Crippen LogP contribution in [0.2, 0.25) is 0 Å². The summed E-state index contributed by atoms with van der Waals surface area (Å²) in [7, 11) is -3.77. The van der Waals surface area contributed by atoms with Crippen molar-refractivity contribution in [3.8, 4) is 0 Å². The van der Waals surface area contributed by atoms with Gasteiger partial charge < -0.3 is 5.32 Å². The van der Waals surface area contributed by atoms with Gasteiger partial charge in [-0.25, -0.2) is 17.2 Å². The number of piperidine rings is 1. The fraction of sp³-hybridized carbons (Fsp3) is 0.538. The van der Waals surface area contributed by atoms with E-state index in [0.29, 0.717) is 13.1 Å². The molecule has 0 aromatic heterocycles. The van der Waals surface area contributed by atoms with Gasteiger partial charge in [0.1, 0.15) is 0 Å². The first-order valence-electron chi connectivity index (χ1n) is 6.63. The Bertz CT molecular complexity index is 576. The van der Waals surface area contributed by atoms with Gasteiger partial charge in [0, 0.05) is 19.1 Å². The van der Waals surface area contributed by atoms with Crippen LogP contribution in [-0.2, 0) is 10.0 Å². The second kappa shape index (κ2) is 6.15. The molecule has 1 aromatic carbocycles. The molecule has 1 N–H and O–H groups in total. The van der Waals surface area contributed by atoms with E-state index in [-0.39, 0.29) is 10.9 Å². The van der Waals surface area contributed by atoms with Gasteiger partial charge in [-0.3, -0.25) is 0 Å².